The average molecular weight is 291 g/mol. The first-order valence-electron chi connectivity index (χ1n) is 6.22. The molecule has 3 rings (SSSR count). The Labute approximate surface area is 118 Å². The van der Waals surface area contributed by atoms with Gasteiger partial charge in [-0.2, -0.15) is 5.26 Å². The number of rotatable bonds is 2. The third-order valence-electron chi connectivity index (χ3n) is 3.55. The summed E-state index contributed by atoms with van der Waals surface area (Å²) in [4.78, 5) is 7.88. The zero-order valence-corrected chi connectivity index (χ0v) is 10.8. The Balaban J connectivity index is 2.14. The van der Waals surface area contributed by atoms with E-state index in [1.165, 1.54) is 17.1 Å². The van der Waals surface area contributed by atoms with Gasteiger partial charge in [0.25, 0.3) is 0 Å². The molecule has 1 fully saturated rings. The fourth-order valence-corrected chi connectivity index (χ4v) is 2.50. The number of nitriles is 1. The van der Waals surface area contributed by atoms with Crippen molar-refractivity contribution >= 4 is 16.9 Å². The summed E-state index contributed by atoms with van der Waals surface area (Å²) in [5.41, 5.74) is 6.30. The van der Waals surface area contributed by atoms with E-state index in [0.29, 0.717) is 11.0 Å². The lowest BCUT2D eigenvalue weighted by molar-refractivity contribution is -0.0508. The molecule has 21 heavy (non-hydrogen) atoms. The number of hydrogen-bond donors (Lipinski definition) is 4. The number of nitrogens with two attached hydrogens (primary N) is 1. The van der Waals surface area contributed by atoms with Gasteiger partial charge in [0.2, 0.25) is 0 Å². The molecule has 5 N–H and O–H groups in total. The molecule has 0 radical (unpaired) electrons. The largest absolute Gasteiger partial charge is 0.394 e. The summed E-state index contributed by atoms with van der Waals surface area (Å²) in [5.74, 6) is 0.141. The molecule has 9 heteroatoms. The van der Waals surface area contributed by atoms with Gasteiger partial charge in [0.1, 0.15) is 42.2 Å². The molecule has 0 unspecified atom stereocenters. The van der Waals surface area contributed by atoms with Crippen molar-refractivity contribution in [3.63, 3.8) is 0 Å². The highest BCUT2D eigenvalue weighted by Gasteiger charge is 2.44. The third-order valence-corrected chi connectivity index (χ3v) is 3.55. The van der Waals surface area contributed by atoms with Crippen LogP contribution in [-0.2, 0) is 4.74 Å². The molecule has 0 spiro atoms. The van der Waals surface area contributed by atoms with Crippen molar-refractivity contribution in [1.29, 1.82) is 5.26 Å². The summed E-state index contributed by atoms with van der Waals surface area (Å²) in [6.45, 7) is -0.434. The van der Waals surface area contributed by atoms with Crippen LogP contribution in [0.2, 0.25) is 0 Å². The monoisotopic (exact) mass is 291 g/mol. The summed E-state index contributed by atoms with van der Waals surface area (Å²) < 4.78 is 6.84. The number of anilines is 1. The van der Waals surface area contributed by atoms with Crippen LogP contribution in [0.4, 0.5) is 5.82 Å². The van der Waals surface area contributed by atoms with Gasteiger partial charge in [0.15, 0.2) is 6.23 Å². The Bertz CT molecular complexity index is 724. The second-order valence-electron chi connectivity index (χ2n) is 4.75. The Morgan fingerprint density at radius 3 is 2.76 bits per heavy atom. The van der Waals surface area contributed by atoms with E-state index in [0.717, 1.165) is 0 Å². The number of fused-ring (bicyclic) bond motifs is 1. The number of aliphatic hydroxyl groups is 3. The minimum atomic E-state index is -1.26. The van der Waals surface area contributed by atoms with E-state index in [1.807, 2.05) is 6.07 Å². The van der Waals surface area contributed by atoms with Crippen LogP contribution in [0.1, 0.15) is 11.8 Å². The second kappa shape index (κ2) is 4.94. The van der Waals surface area contributed by atoms with Crippen molar-refractivity contribution in [3.8, 4) is 6.07 Å². The van der Waals surface area contributed by atoms with Crippen LogP contribution >= 0.6 is 0 Å². The Hall–Kier alpha value is -2.25. The van der Waals surface area contributed by atoms with E-state index in [-0.39, 0.29) is 11.4 Å². The number of aromatic nitrogens is 3. The van der Waals surface area contributed by atoms with Crippen molar-refractivity contribution in [2.75, 3.05) is 12.3 Å². The van der Waals surface area contributed by atoms with E-state index in [1.54, 1.807) is 0 Å². The standard InChI is InChI=1S/C12H13N5O4/c13-1-5-2-17(11-7(5)10(14)15-4-16-11)12-9(20)8(19)6(3-18)21-12/h2,4,6,8-9,12,18-20H,3H2,(H2,14,15,16)/t6-,8+,9+,12+/m0/s1. The van der Waals surface area contributed by atoms with Gasteiger partial charge < -0.3 is 30.4 Å². The van der Waals surface area contributed by atoms with Crippen LogP contribution < -0.4 is 5.73 Å². The van der Waals surface area contributed by atoms with E-state index in [9.17, 15) is 10.2 Å². The second-order valence-corrected chi connectivity index (χ2v) is 4.75. The molecule has 2 aromatic heterocycles. The van der Waals surface area contributed by atoms with Gasteiger partial charge in [0, 0.05) is 6.20 Å². The highest BCUT2D eigenvalue weighted by atomic mass is 16.6. The minimum absolute atomic E-state index is 0.141. The van der Waals surface area contributed by atoms with Gasteiger partial charge in [-0.15, -0.1) is 0 Å². The van der Waals surface area contributed by atoms with Crippen molar-refractivity contribution < 1.29 is 20.1 Å². The predicted octanol–water partition coefficient (Wildman–Crippen LogP) is -1.50. The highest BCUT2D eigenvalue weighted by molar-refractivity contribution is 5.91. The molecule has 0 saturated carbocycles. The highest BCUT2D eigenvalue weighted by Crippen LogP contribution is 2.34. The van der Waals surface area contributed by atoms with Crippen LogP contribution in [0.25, 0.3) is 11.0 Å². The lowest BCUT2D eigenvalue weighted by Gasteiger charge is -2.17. The molecule has 0 aliphatic carbocycles. The number of aliphatic hydroxyl groups excluding tert-OH is 3. The number of ether oxygens (including phenoxy) is 1. The Kier molecular flexibility index (Phi) is 3.23. The SMILES string of the molecule is N#Cc1cn([C@@H]2O[C@@H](CO)[C@@H](O)[C@H]2O)c2ncnc(N)c12. The maximum Gasteiger partial charge on any atom is 0.164 e. The van der Waals surface area contributed by atoms with Gasteiger partial charge in [-0.1, -0.05) is 0 Å². The quantitative estimate of drug-likeness (QED) is 0.521. The van der Waals surface area contributed by atoms with Gasteiger partial charge in [-0.05, 0) is 0 Å². The lowest BCUT2D eigenvalue weighted by Crippen LogP contribution is -2.33. The molecule has 4 atom stereocenters. The first-order chi connectivity index (χ1) is 10.1. The van der Waals surface area contributed by atoms with Crippen molar-refractivity contribution in [2.24, 2.45) is 0 Å². The van der Waals surface area contributed by atoms with E-state index < -0.39 is 31.1 Å². The zero-order valence-electron chi connectivity index (χ0n) is 10.8. The molecule has 2 aromatic rings. The van der Waals surface area contributed by atoms with Crippen LogP contribution in [0.3, 0.4) is 0 Å². The van der Waals surface area contributed by atoms with Crippen LogP contribution in [0, 0.1) is 11.3 Å². The molecule has 9 nitrogen and oxygen atoms in total. The average Bonchev–Trinajstić information content (AvgIpc) is 2.99. The normalized spacial score (nSPS) is 28.9. The lowest BCUT2D eigenvalue weighted by atomic mass is 10.1. The van der Waals surface area contributed by atoms with Gasteiger partial charge in [-0.25, -0.2) is 9.97 Å². The fraction of sp³-hybridized carbons (Fsp3) is 0.417. The van der Waals surface area contributed by atoms with Gasteiger partial charge in [-0.3, -0.25) is 0 Å². The maximum atomic E-state index is 10.1. The van der Waals surface area contributed by atoms with Crippen molar-refractivity contribution in [2.45, 2.75) is 24.5 Å². The molecule has 1 aliphatic rings. The smallest absolute Gasteiger partial charge is 0.164 e. The van der Waals surface area contributed by atoms with Crippen molar-refractivity contribution in [1.82, 2.24) is 14.5 Å². The topological polar surface area (TPSA) is 150 Å². The minimum Gasteiger partial charge on any atom is -0.394 e. The summed E-state index contributed by atoms with van der Waals surface area (Å²) in [7, 11) is 0. The first kappa shape index (κ1) is 13.7. The maximum absolute atomic E-state index is 10.1. The molecule has 1 saturated heterocycles. The first-order valence-corrected chi connectivity index (χ1v) is 6.22. The molecule has 0 bridgehead atoms. The number of hydrogen-bond acceptors (Lipinski definition) is 8. The number of nitrogens with zero attached hydrogens (tertiary/aromatic N) is 4. The molecule has 1 aliphatic heterocycles. The van der Waals surface area contributed by atoms with Gasteiger partial charge in [0.05, 0.1) is 17.6 Å². The molecule has 110 valence electrons. The van der Waals surface area contributed by atoms with E-state index >= 15 is 0 Å². The summed E-state index contributed by atoms with van der Waals surface area (Å²) in [6, 6.07) is 1.98. The predicted molar refractivity (Wildman–Crippen MR) is 69.7 cm³/mol. The zero-order chi connectivity index (χ0) is 15.1. The third kappa shape index (κ3) is 1.93. The van der Waals surface area contributed by atoms with E-state index in [4.69, 9.17) is 20.8 Å². The van der Waals surface area contributed by atoms with Crippen LogP contribution in [-0.4, -0.2) is 54.8 Å². The van der Waals surface area contributed by atoms with Crippen molar-refractivity contribution in [3.05, 3.63) is 18.1 Å². The molecular weight excluding hydrogens is 278 g/mol. The molecule has 3 heterocycles. The number of nitrogen functional groups attached to an aromatic ring is 1. The molecular formula is C12H13N5O4. The summed E-state index contributed by atoms with van der Waals surface area (Å²) in [5, 5.41) is 38.5. The summed E-state index contributed by atoms with van der Waals surface area (Å²) in [6.07, 6.45) is -1.72. The fourth-order valence-electron chi connectivity index (χ4n) is 2.50. The molecule has 0 amide bonds. The van der Waals surface area contributed by atoms with E-state index in [2.05, 4.69) is 9.97 Å². The van der Waals surface area contributed by atoms with Crippen LogP contribution in [0.15, 0.2) is 12.5 Å². The van der Waals surface area contributed by atoms with Crippen LogP contribution in [0.5, 0.6) is 0 Å². The summed E-state index contributed by atoms with van der Waals surface area (Å²) >= 11 is 0. The Morgan fingerprint density at radius 1 is 1.38 bits per heavy atom. The van der Waals surface area contributed by atoms with Gasteiger partial charge >= 0.3 is 0 Å². The molecule has 0 aromatic carbocycles. The Morgan fingerprint density at radius 2 is 2.14 bits per heavy atom.